The highest BCUT2D eigenvalue weighted by Crippen LogP contribution is 2.17. The molecular weight excluding hydrogens is 350 g/mol. The van der Waals surface area contributed by atoms with Gasteiger partial charge in [-0.1, -0.05) is 0 Å². The molecule has 0 fully saturated rings. The molecule has 1 amide bonds. The van der Waals surface area contributed by atoms with Crippen molar-refractivity contribution in [1.29, 1.82) is 0 Å². The monoisotopic (exact) mass is 372 g/mol. The molecule has 0 unspecified atom stereocenters. The number of aromatic nitrogens is 1. The first-order chi connectivity index (χ1) is 12.8. The average Bonchev–Trinajstić information content (AvgIpc) is 2.66. The summed E-state index contributed by atoms with van der Waals surface area (Å²) in [5.74, 6) is -1.55. The number of benzene rings is 1. The van der Waals surface area contributed by atoms with E-state index in [2.05, 4.69) is 14.8 Å². The molecule has 0 aliphatic heterocycles. The summed E-state index contributed by atoms with van der Waals surface area (Å²) >= 11 is 0. The number of nitrogens with zero attached hydrogens (tertiary/aromatic N) is 2. The van der Waals surface area contributed by atoms with E-state index in [-0.39, 0.29) is 23.6 Å². The molecule has 2 rings (SSSR count). The van der Waals surface area contributed by atoms with E-state index in [1.165, 1.54) is 32.4 Å². The summed E-state index contributed by atoms with van der Waals surface area (Å²) in [6, 6.07) is 8.01. The first kappa shape index (κ1) is 19.9. The second-order valence-corrected chi connectivity index (χ2v) is 5.95. The van der Waals surface area contributed by atoms with Crippen molar-refractivity contribution in [3.8, 4) is 0 Å². The Kier molecular flexibility index (Phi) is 6.48. The molecule has 8 heteroatoms. The highest BCUT2D eigenvalue weighted by atomic mass is 16.5. The van der Waals surface area contributed by atoms with Crippen LogP contribution in [0.15, 0.2) is 42.7 Å². The van der Waals surface area contributed by atoms with Crippen molar-refractivity contribution in [3.63, 3.8) is 0 Å². The molecule has 8 nitrogen and oxygen atoms in total. The van der Waals surface area contributed by atoms with E-state index in [0.717, 1.165) is 5.69 Å². The number of methoxy groups -OCH3 is 2. The number of hydrogen-bond acceptors (Lipinski definition) is 6. The Bertz CT molecular complexity index is 813. The van der Waals surface area contributed by atoms with Crippen LogP contribution >= 0.6 is 0 Å². The number of hydrogen-bond donors (Lipinski definition) is 1. The fraction of sp³-hybridized carbons (Fsp3) is 0.263. The van der Waals surface area contributed by atoms with Crippen LogP contribution in [-0.4, -0.2) is 46.2 Å². The van der Waals surface area contributed by atoms with Gasteiger partial charge in [-0.15, -0.1) is 0 Å². The van der Waals surface area contributed by atoms with E-state index < -0.39 is 11.9 Å². The Balaban J connectivity index is 2.18. The van der Waals surface area contributed by atoms with Gasteiger partial charge in [0, 0.05) is 37.6 Å². The SMILES string of the molecule is COC(=O)c1cc(NC(=O)C[n+]2ccc(N(C)C)cc2)cc(C(=O)OC)c1. The maximum absolute atomic E-state index is 12.3. The molecule has 0 radical (unpaired) electrons. The molecule has 0 aliphatic rings. The smallest absolute Gasteiger partial charge is 0.337 e. The third-order valence-corrected chi connectivity index (χ3v) is 3.78. The molecule has 0 spiro atoms. The zero-order valence-corrected chi connectivity index (χ0v) is 15.7. The van der Waals surface area contributed by atoms with Crippen molar-refractivity contribution in [2.75, 3.05) is 38.5 Å². The van der Waals surface area contributed by atoms with Gasteiger partial charge in [0.15, 0.2) is 12.4 Å². The van der Waals surface area contributed by atoms with Gasteiger partial charge in [0.25, 0.3) is 5.91 Å². The average molecular weight is 372 g/mol. The second-order valence-electron chi connectivity index (χ2n) is 5.95. The van der Waals surface area contributed by atoms with Crippen LogP contribution in [0, 0.1) is 0 Å². The fourth-order valence-corrected chi connectivity index (χ4v) is 2.39. The minimum atomic E-state index is -0.620. The second kappa shape index (κ2) is 8.79. The molecule has 142 valence electrons. The molecule has 0 aliphatic carbocycles. The molecule has 1 aromatic carbocycles. The van der Waals surface area contributed by atoms with Crippen LogP contribution in [0.25, 0.3) is 0 Å². The number of amides is 1. The van der Waals surface area contributed by atoms with Gasteiger partial charge < -0.3 is 19.7 Å². The quantitative estimate of drug-likeness (QED) is 0.607. The fourth-order valence-electron chi connectivity index (χ4n) is 2.39. The van der Waals surface area contributed by atoms with E-state index in [1.54, 1.807) is 17.0 Å². The molecule has 0 saturated carbocycles. The molecule has 1 aromatic heterocycles. The zero-order valence-electron chi connectivity index (χ0n) is 15.7. The number of nitrogens with one attached hydrogen (secondary N) is 1. The lowest BCUT2D eigenvalue weighted by Gasteiger charge is -2.11. The topological polar surface area (TPSA) is 88.8 Å². The van der Waals surface area contributed by atoms with Gasteiger partial charge >= 0.3 is 11.9 Å². The number of carbonyl (C=O) groups excluding carboxylic acids is 3. The highest BCUT2D eigenvalue weighted by molar-refractivity contribution is 5.99. The summed E-state index contributed by atoms with van der Waals surface area (Å²) in [5.41, 5.74) is 1.59. The molecule has 27 heavy (non-hydrogen) atoms. The standard InChI is InChI=1S/C19H21N3O5/c1-21(2)16-5-7-22(8-6-16)12-17(23)20-15-10-13(18(24)26-3)9-14(11-15)19(25)27-4/h5-11H,12H2,1-4H3/p+1. The molecule has 0 saturated heterocycles. The van der Waals surface area contributed by atoms with Crippen molar-refractivity contribution in [2.24, 2.45) is 0 Å². The first-order valence-corrected chi connectivity index (χ1v) is 8.12. The molecule has 0 atom stereocenters. The molecule has 2 aromatic rings. The number of carbonyl (C=O) groups is 3. The number of esters is 2. The van der Waals surface area contributed by atoms with Crippen molar-refractivity contribution < 1.29 is 28.4 Å². The van der Waals surface area contributed by atoms with Gasteiger partial charge in [0.1, 0.15) is 0 Å². The third-order valence-electron chi connectivity index (χ3n) is 3.78. The molecule has 0 bridgehead atoms. The van der Waals surface area contributed by atoms with Crippen LogP contribution in [0.3, 0.4) is 0 Å². The number of anilines is 2. The Morgan fingerprint density at radius 1 is 0.963 bits per heavy atom. The van der Waals surface area contributed by atoms with E-state index >= 15 is 0 Å². The maximum Gasteiger partial charge on any atom is 0.337 e. The van der Waals surface area contributed by atoms with Crippen LogP contribution in [0.1, 0.15) is 20.7 Å². The summed E-state index contributed by atoms with van der Waals surface area (Å²) in [6.45, 7) is 0.0731. The lowest BCUT2D eigenvalue weighted by molar-refractivity contribution is -0.684. The lowest BCUT2D eigenvalue weighted by Crippen LogP contribution is -2.39. The van der Waals surface area contributed by atoms with E-state index in [1.807, 2.05) is 31.1 Å². The lowest BCUT2D eigenvalue weighted by atomic mass is 10.1. The van der Waals surface area contributed by atoms with Crippen LogP contribution in [0.5, 0.6) is 0 Å². The largest absolute Gasteiger partial charge is 0.465 e. The van der Waals surface area contributed by atoms with Crippen molar-refractivity contribution in [1.82, 2.24) is 0 Å². The van der Waals surface area contributed by atoms with Crippen molar-refractivity contribution in [2.45, 2.75) is 6.54 Å². The third kappa shape index (κ3) is 5.27. The van der Waals surface area contributed by atoms with Crippen molar-refractivity contribution >= 4 is 29.2 Å². The predicted molar refractivity (Wildman–Crippen MR) is 98.7 cm³/mol. The minimum absolute atomic E-state index is 0.0731. The Hall–Kier alpha value is -3.42. The van der Waals surface area contributed by atoms with Gasteiger partial charge in [0.2, 0.25) is 6.54 Å². The number of ether oxygens (including phenoxy) is 2. The summed E-state index contributed by atoms with van der Waals surface area (Å²) < 4.78 is 11.1. The van der Waals surface area contributed by atoms with E-state index in [4.69, 9.17) is 0 Å². The van der Waals surface area contributed by atoms with Gasteiger partial charge in [-0.25, -0.2) is 9.59 Å². The normalized spacial score (nSPS) is 10.1. The molecule has 1 N–H and O–H groups in total. The van der Waals surface area contributed by atoms with Crippen LogP contribution in [0.4, 0.5) is 11.4 Å². The van der Waals surface area contributed by atoms with Crippen LogP contribution < -0.4 is 14.8 Å². The minimum Gasteiger partial charge on any atom is -0.465 e. The zero-order chi connectivity index (χ0) is 20.0. The Morgan fingerprint density at radius 2 is 1.48 bits per heavy atom. The highest BCUT2D eigenvalue weighted by Gasteiger charge is 2.16. The van der Waals surface area contributed by atoms with Crippen molar-refractivity contribution in [3.05, 3.63) is 53.9 Å². The van der Waals surface area contributed by atoms with Gasteiger partial charge in [-0.05, 0) is 18.2 Å². The summed E-state index contributed by atoms with van der Waals surface area (Å²) in [7, 11) is 6.33. The van der Waals surface area contributed by atoms with Crippen LogP contribution in [0.2, 0.25) is 0 Å². The summed E-state index contributed by atoms with van der Waals surface area (Å²) in [4.78, 5) is 37.9. The number of pyridine rings is 1. The number of rotatable bonds is 6. The summed E-state index contributed by atoms with van der Waals surface area (Å²) in [5, 5.41) is 2.68. The van der Waals surface area contributed by atoms with Gasteiger partial charge in [-0.2, -0.15) is 4.57 Å². The molecule has 1 heterocycles. The predicted octanol–water partition coefficient (Wildman–Crippen LogP) is 1.25. The van der Waals surface area contributed by atoms with Crippen LogP contribution in [-0.2, 0) is 20.8 Å². The summed E-state index contributed by atoms with van der Waals surface area (Å²) in [6.07, 6.45) is 3.58. The maximum atomic E-state index is 12.3. The Morgan fingerprint density at radius 3 is 1.93 bits per heavy atom. The van der Waals surface area contributed by atoms with E-state index in [9.17, 15) is 14.4 Å². The van der Waals surface area contributed by atoms with Gasteiger partial charge in [0.05, 0.1) is 25.3 Å². The first-order valence-electron chi connectivity index (χ1n) is 8.12. The Labute approximate surface area is 157 Å². The van der Waals surface area contributed by atoms with Gasteiger partial charge in [-0.3, -0.25) is 4.79 Å². The molecular formula is C19H22N3O5+. The van der Waals surface area contributed by atoms with E-state index in [0.29, 0.717) is 5.69 Å².